The van der Waals surface area contributed by atoms with E-state index in [0.29, 0.717) is 19.4 Å². The SMILES string of the molecule is COC(=O)/C=C(\I)CCCOC(C)=O. The van der Waals surface area contributed by atoms with Gasteiger partial charge in [0.1, 0.15) is 0 Å². The van der Waals surface area contributed by atoms with Crippen LogP contribution in [-0.4, -0.2) is 25.7 Å². The first kappa shape index (κ1) is 13.4. The van der Waals surface area contributed by atoms with Crippen LogP contribution in [0.3, 0.4) is 0 Å². The largest absolute Gasteiger partial charge is 0.466 e. The fraction of sp³-hybridized carbons (Fsp3) is 0.556. The van der Waals surface area contributed by atoms with E-state index in [9.17, 15) is 9.59 Å². The Morgan fingerprint density at radius 2 is 2.07 bits per heavy atom. The van der Waals surface area contributed by atoms with Crippen LogP contribution < -0.4 is 0 Å². The Hall–Kier alpha value is -0.590. The minimum Gasteiger partial charge on any atom is -0.466 e. The van der Waals surface area contributed by atoms with Gasteiger partial charge >= 0.3 is 11.9 Å². The second-order valence-corrected chi connectivity index (χ2v) is 3.94. The lowest BCUT2D eigenvalue weighted by Crippen LogP contribution is -2.00. The molecule has 0 radical (unpaired) electrons. The molecule has 0 aliphatic carbocycles. The van der Waals surface area contributed by atoms with Gasteiger partial charge in [-0.2, -0.15) is 0 Å². The predicted molar refractivity (Wildman–Crippen MR) is 60.0 cm³/mol. The molecular weight excluding hydrogens is 299 g/mol. The molecule has 0 fully saturated rings. The fourth-order valence-electron chi connectivity index (χ4n) is 0.716. The molecule has 0 aromatic carbocycles. The zero-order valence-electron chi connectivity index (χ0n) is 8.21. The van der Waals surface area contributed by atoms with E-state index in [4.69, 9.17) is 4.74 Å². The highest BCUT2D eigenvalue weighted by atomic mass is 127. The molecule has 4 nitrogen and oxygen atoms in total. The monoisotopic (exact) mass is 312 g/mol. The zero-order valence-corrected chi connectivity index (χ0v) is 10.4. The quantitative estimate of drug-likeness (QED) is 0.336. The number of allylic oxidation sites excluding steroid dienone is 1. The molecule has 5 heteroatoms. The third-order valence-corrected chi connectivity index (χ3v) is 2.19. The normalized spacial score (nSPS) is 10.9. The van der Waals surface area contributed by atoms with E-state index < -0.39 is 0 Å². The summed E-state index contributed by atoms with van der Waals surface area (Å²) >= 11 is 2.06. The van der Waals surface area contributed by atoms with Gasteiger partial charge in [0.25, 0.3) is 0 Å². The van der Waals surface area contributed by atoms with Crippen LogP contribution in [0.1, 0.15) is 19.8 Å². The summed E-state index contributed by atoms with van der Waals surface area (Å²) in [6.07, 6.45) is 2.85. The first-order valence-corrected chi connectivity index (χ1v) is 5.21. The van der Waals surface area contributed by atoms with Crippen LogP contribution in [-0.2, 0) is 19.1 Å². The van der Waals surface area contributed by atoms with E-state index in [0.717, 1.165) is 3.58 Å². The molecular formula is C9H13IO4. The molecule has 0 bridgehead atoms. The van der Waals surface area contributed by atoms with Crippen molar-refractivity contribution in [2.45, 2.75) is 19.8 Å². The summed E-state index contributed by atoms with van der Waals surface area (Å²) in [5.41, 5.74) is 0. The van der Waals surface area contributed by atoms with Crippen LogP contribution in [0.2, 0.25) is 0 Å². The molecule has 0 unspecified atom stereocenters. The second-order valence-electron chi connectivity index (χ2n) is 2.56. The molecule has 0 aromatic rings. The molecule has 0 rings (SSSR count). The summed E-state index contributed by atoms with van der Waals surface area (Å²) in [6, 6.07) is 0. The Morgan fingerprint density at radius 3 is 2.57 bits per heavy atom. The number of ether oxygens (including phenoxy) is 2. The van der Waals surface area contributed by atoms with Crippen LogP contribution in [0, 0.1) is 0 Å². The molecule has 0 spiro atoms. The first-order valence-electron chi connectivity index (χ1n) is 4.13. The molecule has 0 atom stereocenters. The van der Waals surface area contributed by atoms with Crippen LogP contribution in [0.15, 0.2) is 9.66 Å². The summed E-state index contributed by atoms with van der Waals surface area (Å²) in [5.74, 6) is -0.640. The highest BCUT2D eigenvalue weighted by Gasteiger charge is 1.99. The summed E-state index contributed by atoms with van der Waals surface area (Å²) < 4.78 is 10.1. The lowest BCUT2D eigenvalue weighted by molar-refractivity contribution is -0.141. The molecule has 0 amide bonds. The van der Waals surface area contributed by atoms with Gasteiger partial charge in [-0.05, 0) is 39.0 Å². The van der Waals surface area contributed by atoms with Crippen molar-refractivity contribution in [2.24, 2.45) is 0 Å². The van der Waals surface area contributed by atoms with Gasteiger partial charge in [0.2, 0.25) is 0 Å². The second kappa shape index (κ2) is 7.78. The third kappa shape index (κ3) is 8.03. The number of esters is 2. The summed E-state index contributed by atoms with van der Waals surface area (Å²) in [5, 5.41) is 0. The Balaban J connectivity index is 3.63. The Bertz CT molecular complexity index is 235. The molecule has 0 heterocycles. The number of methoxy groups -OCH3 is 1. The average molecular weight is 312 g/mol. The number of hydrogen-bond donors (Lipinski definition) is 0. The van der Waals surface area contributed by atoms with Crippen molar-refractivity contribution in [3.8, 4) is 0 Å². The highest BCUT2D eigenvalue weighted by Crippen LogP contribution is 2.13. The van der Waals surface area contributed by atoms with E-state index >= 15 is 0 Å². The van der Waals surface area contributed by atoms with Crippen molar-refractivity contribution in [1.29, 1.82) is 0 Å². The lowest BCUT2D eigenvalue weighted by atomic mass is 10.3. The highest BCUT2D eigenvalue weighted by molar-refractivity contribution is 14.1. The standard InChI is InChI=1S/C9H13IO4/c1-7(11)14-5-3-4-8(10)6-9(12)13-2/h6H,3-5H2,1-2H3/b8-6-. The number of carbonyl (C=O) groups excluding carboxylic acids is 2. The van der Waals surface area contributed by atoms with Crippen molar-refractivity contribution in [3.63, 3.8) is 0 Å². The Labute approximate surface area is 96.8 Å². The molecule has 0 saturated carbocycles. The van der Waals surface area contributed by atoms with Crippen LogP contribution >= 0.6 is 22.6 Å². The van der Waals surface area contributed by atoms with Gasteiger partial charge in [0, 0.05) is 13.0 Å². The van der Waals surface area contributed by atoms with E-state index in [1.165, 1.54) is 20.1 Å². The number of halogens is 1. The fourth-order valence-corrected chi connectivity index (χ4v) is 1.35. The van der Waals surface area contributed by atoms with Crippen LogP contribution in [0.5, 0.6) is 0 Å². The molecule has 80 valence electrons. The van der Waals surface area contributed by atoms with Gasteiger partial charge in [-0.3, -0.25) is 4.79 Å². The van der Waals surface area contributed by atoms with Gasteiger partial charge in [0.15, 0.2) is 0 Å². The molecule has 0 saturated heterocycles. The molecule has 0 N–H and O–H groups in total. The maximum atomic E-state index is 10.8. The Morgan fingerprint density at radius 1 is 1.43 bits per heavy atom. The smallest absolute Gasteiger partial charge is 0.331 e. The van der Waals surface area contributed by atoms with E-state index in [-0.39, 0.29) is 11.9 Å². The summed E-state index contributed by atoms with van der Waals surface area (Å²) in [6.45, 7) is 1.76. The number of hydrogen-bond acceptors (Lipinski definition) is 4. The van der Waals surface area contributed by atoms with E-state index in [1.807, 2.05) is 0 Å². The van der Waals surface area contributed by atoms with Crippen molar-refractivity contribution >= 4 is 34.5 Å². The van der Waals surface area contributed by atoms with Gasteiger partial charge in [0.05, 0.1) is 13.7 Å². The van der Waals surface area contributed by atoms with E-state index in [2.05, 4.69) is 27.3 Å². The third-order valence-electron chi connectivity index (χ3n) is 1.34. The maximum Gasteiger partial charge on any atom is 0.331 e. The van der Waals surface area contributed by atoms with Crippen molar-refractivity contribution in [3.05, 3.63) is 9.66 Å². The molecule has 14 heavy (non-hydrogen) atoms. The summed E-state index contributed by atoms with van der Waals surface area (Å²) in [7, 11) is 1.33. The number of carbonyl (C=O) groups is 2. The van der Waals surface area contributed by atoms with Crippen molar-refractivity contribution in [1.82, 2.24) is 0 Å². The van der Waals surface area contributed by atoms with Crippen LogP contribution in [0.4, 0.5) is 0 Å². The molecule has 0 aliphatic rings. The van der Waals surface area contributed by atoms with Crippen molar-refractivity contribution in [2.75, 3.05) is 13.7 Å². The Kier molecular flexibility index (Phi) is 7.45. The van der Waals surface area contributed by atoms with Crippen molar-refractivity contribution < 1.29 is 19.1 Å². The molecule has 0 aromatic heterocycles. The van der Waals surface area contributed by atoms with Gasteiger partial charge in [-0.1, -0.05) is 0 Å². The zero-order chi connectivity index (χ0) is 11.0. The van der Waals surface area contributed by atoms with E-state index in [1.54, 1.807) is 0 Å². The first-order chi connectivity index (χ1) is 6.56. The van der Waals surface area contributed by atoms with Gasteiger partial charge in [-0.25, -0.2) is 4.79 Å². The molecule has 0 aliphatic heterocycles. The maximum absolute atomic E-state index is 10.8. The van der Waals surface area contributed by atoms with Crippen LogP contribution in [0.25, 0.3) is 0 Å². The van der Waals surface area contributed by atoms with Gasteiger partial charge < -0.3 is 9.47 Å². The minimum atomic E-state index is -0.359. The average Bonchev–Trinajstić information content (AvgIpc) is 2.12. The predicted octanol–water partition coefficient (Wildman–Crippen LogP) is 1.82. The topological polar surface area (TPSA) is 52.6 Å². The summed E-state index contributed by atoms with van der Waals surface area (Å²) in [4.78, 5) is 21.2. The lowest BCUT2D eigenvalue weighted by Gasteiger charge is -2.01. The van der Waals surface area contributed by atoms with Gasteiger partial charge in [-0.15, -0.1) is 0 Å². The minimum absolute atomic E-state index is 0.281. The number of rotatable bonds is 5.